The van der Waals surface area contributed by atoms with E-state index >= 15 is 0 Å². The molecule has 0 aromatic carbocycles. The minimum absolute atomic E-state index is 0.0557. The predicted octanol–water partition coefficient (Wildman–Crippen LogP) is 2.25. The summed E-state index contributed by atoms with van der Waals surface area (Å²) in [6.45, 7) is 2.42. The Balaban J connectivity index is 2.00. The number of rotatable bonds is 3. The molecular weight excluding hydrogens is 237 g/mol. The number of aliphatic hydroxyl groups excluding tert-OH is 1. The Morgan fingerprint density at radius 2 is 2.28 bits per heavy atom. The van der Waals surface area contributed by atoms with Crippen molar-refractivity contribution in [2.75, 3.05) is 6.61 Å². The van der Waals surface area contributed by atoms with Crippen LogP contribution in [0.5, 0.6) is 0 Å². The Morgan fingerprint density at radius 3 is 3.00 bits per heavy atom. The Morgan fingerprint density at radius 1 is 1.50 bits per heavy atom. The van der Waals surface area contributed by atoms with Crippen LogP contribution >= 0.6 is 0 Å². The molecule has 2 aliphatic rings. The third kappa shape index (κ3) is 2.60. The van der Waals surface area contributed by atoms with E-state index in [1.54, 1.807) is 0 Å². The molecule has 18 heavy (non-hydrogen) atoms. The van der Waals surface area contributed by atoms with Crippen molar-refractivity contribution in [1.29, 1.82) is 0 Å². The number of alkyl halides is 1. The van der Waals surface area contributed by atoms with Gasteiger partial charge in [-0.1, -0.05) is 13.3 Å². The van der Waals surface area contributed by atoms with Crippen molar-refractivity contribution >= 4 is 6.09 Å². The van der Waals surface area contributed by atoms with E-state index in [1.807, 2.05) is 6.92 Å². The maximum absolute atomic E-state index is 13.9. The van der Waals surface area contributed by atoms with Crippen LogP contribution in [0.1, 0.15) is 45.4 Å². The lowest BCUT2D eigenvalue weighted by Crippen LogP contribution is -2.61. The Bertz CT molecular complexity index is 300. The predicted molar refractivity (Wildman–Crippen MR) is 65.0 cm³/mol. The van der Waals surface area contributed by atoms with Crippen molar-refractivity contribution in [3.8, 4) is 0 Å². The summed E-state index contributed by atoms with van der Waals surface area (Å²) in [5.41, 5.74) is 0. The molecule has 0 radical (unpaired) electrons. The molecule has 2 aliphatic heterocycles. The molecule has 1 amide bonds. The molecule has 0 aromatic heterocycles. The second kappa shape index (κ2) is 5.87. The number of carbonyl (C=O) groups excluding carboxylic acids is 1. The molecule has 2 rings (SSSR count). The van der Waals surface area contributed by atoms with Crippen LogP contribution in [0, 0.1) is 0 Å². The van der Waals surface area contributed by atoms with Gasteiger partial charge in [-0.25, -0.2) is 9.18 Å². The van der Waals surface area contributed by atoms with Crippen molar-refractivity contribution in [3.63, 3.8) is 0 Å². The summed E-state index contributed by atoms with van der Waals surface area (Å²) in [5, 5.41) is 9.64. The monoisotopic (exact) mass is 259 g/mol. The van der Waals surface area contributed by atoms with Gasteiger partial charge in [0.15, 0.2) is 0 Å². The molecule has 0 aromatic rings. The number of hydrogen-bond donors (Lipinski definition) is 1. The normalized spacial score (nSPS) is 35.4. The van der Waals surface area contributed by atoms with Gasteiger partial charge in [-0.15, -0.1) is 0 Å². The highest BCUT2D eigenvalue weighted by atomic mass is 19.1. The van der Waals surface area contributed by atoms with Crippen LogP contribution in [0.25, 0.3) is 0 Å². The number of piperidine rings is 2. The van der Waals surface area contributed by atoms with Crippen molar-refractivity contribution in [3.05, 3.63) is 0 Å². The topological polar surface area (TPSA) is 49.8 Å². The van der Waals surface area contributed by atoms with E-state index in [-0.39, 0.29) is 6.04 Å². The van der Waals surface area contributed by atoms with E-state index in [4.69, 9.17) is 4.74 Å². The van der Waals surface area contributed by atoms with E-state index < -0.39 is 24.4 Å². The second-order valence-electron chi connectivity index (χ2n) is 5.27. The van der Waals surface area contributed by atoms with Gasteiger partial charge < -0.3 is 9.84 Å². The molecule has 4 atom stereocenters. The third-order valence-electron chi connectivity index (χ3n) is 3.97. The van der Waals surface area contributed by atoms with Crippen LogP contribution in [-0.4, -0.2) is 47.1 Å². The maximum atomic E-state index is 13.9. The van der Waals surface area contributed by atoms with Crippen molar-refractivity contribution < 1.29 is 19.0 Å². The Kier molecular flexibility index (Phi) is 4.43. The average Bonchev–Trinajstić information content (AvgIpc) is 2.36. The molecule has 1 N–H and O–H groups in total. The highest BCUT2D eigenvalue weighted by Crippen LogP contribution is 2.36. The summed E-state index contributed by atoms with van der Waals surface area (Å²) in [6, 6.07) is -0.554. The van der Waals surface area contributed by atoms with Gasteiger partial charge in [0.25, 0.3) is 0 Å². The van der Waals surface area contributed by atoms with E-state index in [0.29, 0.717) is 19.4 Å². The van der Waals surface area contributed by atoms with Gasteiger partial charge in [0.05, 0.1) is 18.8 Å². The van der Waals surface area contributed by atoms with E-state index in [2.05, 4.69) is 0 Å². The van der Waals surface area contributed by atoms with Gasteiger partial charge in [0, 0.05) is 6.04 Å². The zero-order valence-electron chi connectivity index (χ0n) is 10.8. The number of carbonyl (C=O) groups is 1. The molecule has 2 heterocycles. The number of fused-ring (bicyclic) bond motifs is 2. The van der Waals surface area contributed by atoms with Gasteiger partial charge >= 0.3 is 6.09 Å². The number of hydrogen-bond acceptors (Lipinski definition) is 3. The van der Waals surface area contributed by atoms with E-state index in [1.165, 1.54) is 4.90 Å². The lowest BCUT2D eigenvalue weighted by Gasteiger charge is -2.48. The molecule has 2 fully saturated rings. The first kappa shape index (κ1) is 13.6. The van der Waals surface area contributed by atoms with Crippen LogP contribution < -0.4 is 0 Å². The maximum Gasteiger partial charge on any atom is 0.410 e. The Hall–Kier alpha value is -0.840. The largest absolute Gasteiger partial charge is 0.449 e. The molecule has 0 saturated carbocycles. The second-order valence-corrected chi connectivity index (χ2v) is 5.27. The zero-order chi connectivity index (χ0) is 13.1. The summed E-state index contributed by atoms with van der Waals surface area (Å²) in [5.74, 6) is 0. The fraction of sp³-hybridized carbons (Fsp3) is 0.923. The van der Waals surface area contributed by atoms with Gasteiger partial charge in [0.2, 0.25) is 0 Å². The minimum Gasteiger partial charge on any atom is -0.449 e. The molecule has 0 spiro atoms. The SMILES string of the molecule is CCCCOC(=O)N1[C@@H]2CCC[C@H]1[C@H](F)[C@H](O)C2. The zero-order valence-corrected chi connectivity index (χ0v) is 10.8. The lowest BCUT2D eigenvalue weighted by atomic mass is 9.82. The standard InChI is InChI=1S/C13H22FNO3/c1-2-3-7-18-13(17)15-9-5-4-6-10(15)12(14)11(16)8-9/h9-12,16H,2-8H2,1H3/t9-,10+,11-,12+/m1/s1. The summed E-state index contributed by atoms with van der Waals surface area (Å²) < 4.78 is 19.1. The summed E-state index contributed by atoms with van der Waals surface area (Å²) in [4.78, 5) is 13.5. The molecule has 0 unspecified atom stereocenters. The number of aliphatic hydroxyl groups is 1. The fourth-order valence-corrected chi connectivity index (χ4v) is 2.98. The van der Waals surface area contributed by atoms with Gasteiger partial charge in [-0.2, -0.15) is 0 Å². The quantitative estimate of drug-likeness (QED) is 0.791. The van der Waals surface area contributed by atoms with Crippen molar-refractivity contribution in [1.82, 2.24) is 4.90 Å². The van der Waals surface area contributed by atoms with E-state index in [9.17, 15) is 14.3 Å². The van der Waals surface area contributed by atoms with Gasteiger partial charge in [-0.3, -0.25) is 4.90 Å². The smallest absolute Gasteiger partial charge is 0.410 e. The molecular formula is C13H22FNO3. The Labute approximate surface area is 107 Å². The first-order valence-electron chi connectivity index (χ1n) is 6.92. The number of amides is 1. The van der Waals surface area contributed by atoms with Crippen LogP contribution in [0.2, 0.25) is 0 Å². The third-order valence-corrected chi connectivity index (χ3v) is 3.97. The molecule has 4 nitrogen and oxygen atoms in total. The number of halogens is 1. The highest BCUT2D eigenvalue weighted by Gasteiger charge is 2.47. The summed E-state index contributed by atoms with van der Waals surface area (Å²) in [7, 11) is 0. The number of ether oxygens (including phenoxy) is 1. The molecule has 5 heteroatoms. The van der Waals surface area contributed by atoms with Gasteiger partial charge in [-0.05, 0) is 32.1 Å². The van der Waals surface area contributed by atoms with Crippen molar-refractivity contribution in [2.24, 2.45) is 0 Å². The first-order chi connectivity index (χ1) is 8.65. The van der Waals surface area contributed by atoms with Crippen molar-refractivity contribution in [2.45, 2.75) is 69.8 Å². The van der Waals surface area contributed by atoms with Crippen LogP contribution in [-0.2, 0) is 4.74 Å². The number of nitrogens with zero attached hydrogens (tertiary/aromatic N) is 1. The van der Waals surface area contributed by atoms with Crippen LogP contribution in [0.3, 0.4) is 0 Å². The van der Waals surface area contributed by atoms with Crippen LogP contribution in [0.15, 0.2) is 0 Å². The molecule has 2 saturated heterocycles. The highest BCUT2D eigenvalue weighted by molar-refractivity contribution is 5.69. The fourth-order valence-electron chi connectivity index (χ4n) is 2.98. The van der Waals surface area contributed by atoms with Gasteiger partial charge in [0.1, 0.15) is 6.17 Å². The molecule has 104 valence electrons. The summed E-state index contributed by atoms with van der Waals surface area (Å²) >= 11 is 0. The minimum atomic E-state index is -1.33. The average molecular weight is 259 g/mol. The number of unbranched alkanes of at least 4 members (excludes halogenated alkanes) is 1. The van der Waals surface area contributed by atoms with E-state index in [0.717, 1.165) is 25.7 Å². The molecule has 2 bridgehead atoms. The first-order valence-corrected chi connectivity index (χ1v) is 6.92. The molecule has 0 aliphatic carbocycles. The van der Waals surface area contributed by atoms with Crippen LogP contribution in [0.4, 0.5) is 9.18 Å². The summed E-state index contributed by atoms with van der Waals surface area (Å²) in [6.07, 6.45) is 1.83. The lowest BCUT2D eigenvalue weighted by molar-refractivity contribution is -0.0762.